The maximum absolute atomic E-state index is 5.91. The lowest BCUT2D eigenvalue weighted by molar-refractivity contribution is 0.129. The molecular weight excluding hydrogens is 328 g/mol. The molecule has 26 heavy (non-hydrogen) atoms. The highest BCUT2D eigenvalue weighted by Crippen LogP contribution is 2.26. The molecule has 148 valence electrons. The number of furan rings is 1. The van der Waals surface area contributed by atoms with Crippen LogP contribution in [0.2, 0.25) is 0 Å². The Morgan fingerprint density at radius 3 is 2.65 bits per heavy atom. The van der Waals surface area contributed by atoms with Crippen molar-refractivity contribution in [2.75, 3.05) is 46.4 Å². The zero-order valence-corrected chi connectivity index (χ0v) is 16.7. The third-order valence-corrected chi connectivity index (χ3v) is 4.76. The molecule has 2 N–H and O–H groups in total. The summed E-state index contributed by atoms with van der Waals surface area (Å²) in [6, 6.07) is 4.40. The monoisotopic (exact) mass is 364 g/mol. The van der Waals surface area contributed by atoms with Gasteiger partial charge in [-0.1, -0.05) is 13.3 Å². The highest BCUT2D eigenvalue weighted by Gasteiger charge is 2.26. The summed E-state index contributed by atoms with van der Waals surface area (Å²) in [5.41, 5.74) is 0. The van der Waals surface area contributed by atoms with Gasteiger partial charge in [0.25, 0.3) is 0 Å². The number of nitrogens with one attached hydrogen (secondary N) is 2. The van der Waals surface area contributed by atoms with Crippen molar-refractivity contribution >= 4 is 5.96 Å². The molecule has 1 fully saturated rings. The van der Waals surface area contributed by atoms with Crippen molar-refractivity contribution in [2.45, 2.75) is 52.0 Å². The summed E-state index contributed by atoms with van der Waals surface area (Å²) in [5, 5.41) is 6.83. The van der Waals surface area contributed by atoms with Gasteiger partial charge in [-0.05, 0) is 57.8 Å². The normalized spacial score (nSPS) is 16.8. The van der Waals surface area contributed by atoms with Gasteiger partial charge in [0.2, 0.25) is 0 Å². The summed E-state index contributed by atoms with van der Waals surface area (Å²) in [7, 11) is 1.81. The number of rotatable bonds is 11. The van der Waals surface area contributed by atoms with E-state index in [9.17, 15) is 0 Å². The van der Waals surface area contributed by atoms with E-state index < -0.39 is 0 Å². The van der Waals surface area contributed by atoms with E-state index >= 15 is 0 Å². The Bertz CT molecular complexity index is 524. The molecule has 0 saturated carbocycles. The SMILES string of the molecule is CCCCOCCCNC(=NC)NCC(c1ccc(C)o1)N1CCCC1. The molecular formula is C20H36N4O2. The van der Waals surface area contributed by atoms with Crippen LogP contribution in [0.5, 0.6) is 0 Å². The van der Waals surface area contributed by atoms with Gasteiger partial charge >= 0.3 is 0 Å². The van der Waals surface area contributed by atoms with Gasteiger partial charge in [0, 0.05) is 33.4 Å². The van der Waals surface area contributed by atoms with Crippen LogP contribution in [0.25, 0.3) is 0 Å². The summed E-state index contributed by atoms with van der Waals surface area (Å²) in [6.45, 7) is 9.76. The average molecular weight is 365 g/mol. The molecule has 1 atom stereocenters. The van der Waals surface area contributed by atoms with E-state index in [1.165, 1.54) is 19.3 Å². The first-order chi connectivity index (χ1) is 12.7. The minimum absolute atomic E-state index is 0.252. The Morgan fingerprint density at radius 1 is 1.23 bits per heavy atom. The van der Waals surface area contributed by atoms with E-state index in [2.05, 4.69) is 33.5 Å². The Balaban J connectivity index is 1.75. The quantitative estimate of drug-likeness (QED) is 0.359. The summed E-state index contributed by atoms with van der Waals surface area (Å²) < 4.78 is 11.5. The van der Waals surface area contributed by atoms with E-state index in [0.29, 0.717) is 0 Å². The largest absolute Gasteiger partial charge is 0.465 e. The minimum Gasteiger partial charge on any atom is -0.465 e. The van der Waals surface area contributed by atoms with Gasteiger partial charge in [0.15, 0.2) is 5.96 Å². The molecule has 1 aliphatic rings. The number of guanidine groups is 1. The number of likely N-dealkylation sites (tertiary alicyclic amines) is 1. The number of hydrogen-bond donors (Lipinski definition) is 2. The lowest BCUT2D eigenvalue weighted by Crippen LogP contribution is -2.43. The second-order valence-corrected chi connectivity index (χ2v) is 6.91. The van der Waals surface area contributed by atoms with Crippen molar-refractivity contribution in [1.29, 1.82) is 0 Å². The van der Waals surface area contributed by atoms with Crippen LogP contribution in [0.3, 0.4) is 0 Å². The van der Waals surface area contributed by atoms with E-state index in [4.69, 9.17) is 9.15 Å². The number of ether oxygens (including phenoxy) is 1. The van der Waals surface area contributed by atoms with Crippen molar-refractivity contribution in [3.05, 3.63) is 23.7 Å². The van der Waals surface area contributed by atoms with E-state index in [1.807, 2.05) is 20.0 Å². The van der Waals surface area contributed by atoms with Crippen molar-refractivity contribution in [3.8, 4) is 0 Å². The Kier molecular flexibility index (Phi) is 9.56. The number of aryl methyl sites for hydroxylation is 1. The van der Waals surface area contributed by atoms with Crippen molar-refractivity contribution in [1.82, 2.24) is 15.5 Å². The molecule has 6 heteroatoms. The Hall–Kier alpha value is -1.53. The smallest absolute Gasteiger partial charge is 0.191 e. The summed E-state index contributed by atoms with van der Waals surface area (Å²) in [6.07, 6.45) is 5.84. The van der Waals surface area contributed by atoms with Crippen LogP contribution in [-0.2, 0) is 4.74 Å². The third-order valence-electron chi connectivity index (χ3n) is 4.76. The lowest BCUT2D eigenvalue weighted by Gasteiger charge is -2.26. The first kappa shape index (κ1) is 20.8. The van der Waals surface area contributed by atoms with Crippen molar-refractivity contribution in [2.24, 2.45) is 4.99 Å². The fourth-order valence-electron chi connectivity index (χ4n) is 3.24. The maximum Gasteiger partial charge on any atom is 0.191 e. The maximum atomic E-state index is 5.91. The van der Waals surface area contributed by atoms with Gasteiger partial charge in [0.1, 0.15) is 11.5 Å². The minimum atomic E-state index is 0.252. The van der Waals surface area contributed by atoms with Crippen LogP contribution in [0.1, 0.15) is 56.6 Å². The Morgan fingerprint density at radius 2 is 2.00 bits per heavy atom. The first-order valence-electron chi connectivity index (χ1n) is 10.1. The third kappa shape index (κ3) is 7.00. The second kappa shape index (κ2) is 12.0. The molecule has 0 amide bonds. The predicted molar refractivity (Wildman–Crippen MR) is 107 cm³/mol. The molecule has 2 rings (SSSR count). The predicted octanol–water partition coefficient (Wildman–Crippen LogP) is 3.10. The van der Waals surface area contributed by atoms with Crippen LogP contribution >= 0.6 is 0 Å². The van der Waals surface area contributed by atoms with Crippen LogP contribution < -0.4 is 10.6 Å². The molecule has 6 nitrogen and oxygen atoms in total. The highest BCUT2D eigenvalue weighted by atomic mass is 16.5. The van der Waals surface area contributed by atoms with Crippen LogP contribution in [0, 0.1) is 6.92 Å². The molecule has 0 bridgehead atoms. The van der Waals surface area contributed by atoms with Gasteiger partial charge in [-0.3, -0.25) is 9.89 Å². The van der Waals surface area contributed by atoms with Crippen LogP contribution in [-0.4, -0.2) is 57.3 Å². The highest BCUT2D eigenvalue weighted by molar-refractivity contribution is 5.79. The summed E-state index contributed by atoms with van der Waals surface area (Å²) in [4.78, 5) is 6.84. The molecule has 1 aromatic rings. The molecule has 0 aromatic carbocycles. The Labute approximate surface area is 158 Å². The standard InChI is InChI=1S/C20H36N4O2/c1-4-5-14-25-15-8-11-22-20(21-3)23-16-18(24-12-6-7-13-24)19-10-9-17(2)26-19/h9-10,18H,4-8,11-16H2,1-3H3,(H2,21,22,23). The fourth-order valence-corrected chi connectivity index (χ4v) is 3.24. The summed E-state index contributed by atoms with van der Waals surface area (Å²) >= 11 is 0. The van der Waals surface area contributed by atoms with E-state index in [0.717, 1.165) is 69.7 Å². The number of aliphatic imine (C=N–C) groups is 1. The molecule has 0 spiro atoms. The molecule has 0 radical (unpaired) electrons. The van der Waals surface area contributed by atoms with E-state index in [1.54, 1.807) is 0 Å². The number of hydrogen-bond acceptors (Lipinski definition) is 4. The van der Waals surface area contributed by atoms with Gasteiger partial charge in [-0.15, -0.1) is 0 Å². The zero-order chi connectivity index (χ0) is 18.6. The molecule has 1 aromatic heterocycles. The van der Waals surface area contributed by atoms with Gasteiger partial charge in [-0.2, -0.15) is 0 Å². The molecule has 1 aliphatic heterocycles. The fraction of sp³-hybridized carbons (Fsp3) is 0.750. The van der Waals surface area contributed by atoms with Gasteiger partial charge < -0.3 is 19.8 Å². The van der Waals surface area contributed by atoms with Gasteiger partial charge in [-0.25, -0.2) is 0 Å². The summed E-state index contributed by atoms with van der Waals surface area (Å²) in [5.74, 6) is 2.84. The topological polar surface area (TPSA) is 62.0 Å². The number of unbranched alkanes of at least 4 members (excludes halogenated alkanes) is 1. The molecule has 1 saturated heterocycles. The first-order valence-corrected chi connectivity index (χ1v) is 10.1. The lowest BCUT2D eigenvalue weighted by atomic mass is 10.2. The second-order valence-electron chi connectivity index (χ2n) is 6.91. The van der Waals surface area contributed by atoms with Crippen LogP contribution in [0.4, 0.5) is 0 Å². The van der Waals surface area contributed by atoms with Crippen LogP contribution in [0.15, 0.2) is 21.5 Å². The average Bonchev–Trinajstić information content (AvgIpc) is 3.32. The molecule has 2 heterocycles. The molecule has 0 aliphatic carbocycles. The molecule has 1 unspecified atom stereocenters. The van der Waals surface area contributed by atoms with Crippen molar-refractivity contribution < 1.29 is 9.15 Å². The van der Waals surface area contributed by atoms with Gasteiger partial charge in [0.05, 0.1) is 6.04 Å². The zero-order valence-electron chi connectivity index (χ0n) is 16.7. The van der Waals surface area contributed by atoms with Crippen molar-refractivity contribution in [3.63, 3.8) is 0 Å². The number of nitrogens with zero attached hydrogens (tertiary/aromatic N) is 2. The van der Waals surface area contributed by atoms with E-state index in [-0.39, 0.29) is 6.04 Å².